The van der Waals surface area contributed by atoms with Gasteiger partial charge in [-0.25, -0.2) is 0 Å². The third-order valence-corrected chi connectivity index (χ3v) is 5.20. The molecule has 1 aromatic rings. The van der Waals surface area contributed by atoms with Gasteiger partial charge in [0, 0.05) is 11.7 Å². The predicted molar refractivity (Wildman–Crippen MR) is 78.0 cm³/mol. The van der Waals surface area contributed by atoms with Crippen LogP contribution < -0.4 is 5.32 Å². The Hall–Kier alpha value is -0.980. The first kappa shape index (κ1) is 12.1. The highest BCUT2D eigenvalue weighted by Crippen LogP contribution is 2.52. The number of hydrogen-bond acceptors (Lipinski definition) is 1. The van der Waals surface area contributed by atoms with E-state index in [1.54, 1.807) is 0 Å². The second-order valence-corrected chi connectivity index (χ2v) is 6.21. The second-order valence-electron chi connectivity index (χ2n) is 6.21. The maximum atomic E-state index is 3.81. The van der Waals surface area contributed by atoms with Crippen LogP contribution in [0.4, 0.5) is 5.69 Å². The fourth-order valence-corrected chi connectivity index (χ4v) is 3.86. The molecule has 0 heterocycles. The third-order valence-electron chi connectivity index (χ3n) is 5.20. The Morgan fingerprint density at radius 1 is 1.17 bits per heavy atom. The predicted octanol–water partition coefficient (Wildman–Crippen LogP) is 4.77. The van der Waals surface area contributed by atoms with Gasteiger partial charge in [-0.3, -0.25) is 0 Å². The highest BCUT2D eigenvalue weighted by atomic mass is 15.0. The van der Waals surface area contributed by atoms with Gasteiger partial charge < -0.3 is 5.32 Å². The molecule has 1 unspecified atom stereocenters. The largest absolute Gasteiger partial charge is 0.382 e. The zero-order valence-corrected chi connectivity index (χ0v) is 11.5. The summed E-state index contributed by atoms with van der Waals surface area (Å²) in [6.07, 6.45) is 11.2. The monoisotopic (exact) mass is 243 g/mol. The molecule has 1 aromatic carbocycles. The quantitative estimate of drug-likeness (QED) is 0.806. The van der Waals surface area contributed by atoms with Gasteiger partial charge in [-0.15, -0.1) is 0 Å². The molecular weight excluding hydrogens is 218 g/mol. The SMILES string of the molecule is CCc1cccc(NC2CCC23CCCCC3)c1. The Kier molecular flexibility index (Phi) is 3.32. The van der Waals surface area contributed by atoms with Crippen LogP contribution in [0, 0.1) is 5.41 Å². The zero-order valence-electron chi connectivity index (χ0n) is 11.5. The highest BCUT2D eigenvalue weighted by molar-refractivity contribution is 5.47. The lowest BCUT2D eigenvalue weighted by Gasteiger charge is -2.52. The summed E-state index contributed by atoms with van der Waals surface area (Å²) in [5.74, 6) is 0. The van der Waals surface area contributed by atoms with Crippen molar-refractivity contribution in [2.24, 2.45) is 5.41 Å². The molecule has 0 aromatic heterocycles. The second kappa shape index (κ2) is 4.95. The molecule has 2 fully saturated rings. The summed E-state index contributed by atoms with van der Waals surface area (Å²) >= 11 is 0. The van der Waals surface area contributed by atoms with Crippen molar-refractivity contribution < 1.29 is 0 Å². The molecule has 1 nitrogen and oxygen atoms in total. The van der Waals surface area contributed by atoms with Gasteiger partial charge in [-0.1, -0.05) is 38.3 Å². The van der Waals surface area contributed by atoms with Crippen molar-refractivity contribution in [3.8, 4) is 0 Å². The smallest absolute Gasteiger partial charge is 0.0345 e. The van der Waals surface area contributed by atoms with E-state index >= 15 is 0 Å². The molecule has 1 N–H and O–H groups in total. The van der Waals surface area contributed by atoms with Crippen LogP contribution in [0.2, 0.25) is 0 Å². The van der Waals surface area contributed by atoms with Crippen LogP contribution >= 0.6 is 0 Å². The molecule has 0 amide bonds. The molecule has 18 heavy (non-hydrogen) atoms. The molecule has 0 bridgehead atoms. The molecule has 1 atom stereocenters. The molecule has 3 rings (SSSR count). The lowest BCUT2D eigenvalue weighted by molar-refractivity contribution is 0.0571. The van der Waals surface area contributed by atoms with Crippen LogP contribution in [0.5, 0.6) is 0 Å². The first-order valence-corrected chi connectivity index (χ1v) is 7.68. The molecule has 2 aliphatic carbocycles. The fourth-order valence-electron chi connectivity index (χ4n) is 3.86. The number of rotatable bonds is 3. The Bertz CT molecular complexity index is 404. The van der Waals surface area contributed by atoms with Gasteiger partial charge in [0.25, 0.3) is 0 Å². The average molecular weight is 243 g/mol. The summed E-state index contributed by atoms with van der Waals surface area (Å²) in [4.78, 5) is 0. The Morgan fingerprint density at radius 3 is 2.67 bits per heavy atom. The van der Waals surface area contributed by atoms with Gasteiger partial charge in [-0.2, -0.15) is 0 Å². The van der Waals surface area contributed by atoms with Crippen LogP contribution in [-0.4, -0.2) is 6.04 Å². The van der Waals surface area contributed by atoms with Crippen LogP contribution in [0.25, 0.3) is 0 Å². The van der Waals surface area contributed by atoms with E-state index in [0.717, 1.165) is 12.5 Å². The van der Waals surface area contributed by atoms with Gasteiger partial charge >= 0.3 is 0 Å². The van der Waals surface area contributed by atoms with E-state index in [4.69, 9.17) is 0 Å². The Morgan fingerprint density at radius 2 is 2.00 bits per heavy atom. The summed E-state index contributed by atoms with van der Waals surface area (Å²) < 4.78 is 0. The molecule has 1 spiro atoms. The molecular formula is C17H25N. The van der Waals surface area contributed by atoms with Crippen molar-refractivity contribution in [2.75, 3.05) is 5.32 Å². The highest BCUT2D eigenvalue weighted by Gasteiger charge is 2.46. The van der Waals surface area contributed by atoms with Gasteiger partial charge in [-0.05, 0) is 55.2 Å². The lowest BCUT2D eigenvalue weighted by Crippen LogP contribution is -2.50. The summed E-state index contributed by atoms with van der Waals surface area (Å²) in [7, 11) is 0. The maximum Gasteiger partial charge on any atom is 0.0345 e. The molecule has 0 aliphatic heterocycles. The minimum Gasteiger partial charge on any atom is -0.382 e. The Balaban J connectivity index is 1.68. The minimum atomic E-state index is 0.653. The van der Waals surface area contributed by atoms with E-state index in [1.807, 2.05) is 0 Å². The van der Waals surface area contributed by atoms with Crippen LogP contribution in [0.1, 0.15) is 57.4 Å². The van der Waals surface area contributed by atoms with E-state index in [9.17, 15) is 0 Å². The van der Waals surface area contributed by atoms with Crippen molar-refractivity contribution in [3.63, 3.8) is 0 Å². The van der Waals surface area contributed by atoms with E-state index in [2.05, 4.69) is 36.5 Å². The summed E-state index contributed by atoms with van der Waals surface area (Å²) in [5, 5.41) is 3.81. The van der Waals surface area contributed by atoms with Crippen LogP contribution in [0.15, 0.2) is 24.3 Å². The third kappa shape index (κ3) is 2.15. The molecule has 98 valence electrons. The van der Waals surface area contributed by atoms with E-state index in [0.29, 0.717) is 5.41 Å². The zero-order chi connectivity index (χ0) is 12.4. The van der Waals surface area contributed by atoms with Crippen molar-refractivity contribution in [2.45, 2.75) is 64.3 Å². The number of hydrogen-bond donors (Lipinski definition) is 1. The molecule has 1 heteroatoms. The van der Waals surface area contributed by atoms with Crippen molar-refractivity contribution in [3.05, 3.63) is 29.8 Å². The topological polar surface area (TPSA) is 12.0 Å². The molecule has 2 aliphatic rings. The average Bonchev–Trinajstić information content (AvgIpc) is 2.45. The summed E-state index contributed by atoms with van der Waals surface area (Å²) in [6, 6.07) is 9.71. The number of anilines is 1. The van der Waals surface area contributed by atoms with E-state index in [-0.39, 0.29) is 0 Å². The van der Waals surface area contributed by atoms with E-state index < -0.39 is 0 Å². The van der Waals surface area contributed by atoms with Crippen molar-refractivity contribution >= 4 is 5.69 Å². The number of aryl methyl sites for hydroxylation is 1. The fraction of sp³-hybridized carbons (Fsp3) is 0.647. The molecule has 2 saturated carbocycles. The lowest BCUT2D eigenvalue weighted by atomic mass is 9.57. The maximum absolute atomic E-state index is 3.81. The van der Waals surface area contributed by atoms with Crippen LogP contribution in [-0.2, 0) is 6.42 Å². The van der Waals surface area contributed by atoms with E-state index in [1.165, 1.54) is 56.2 Å². The summed E-state index contributed by atoms with van der Waals surface area (Å²) in [5.41, 5.74) is 3.43. The molecule has 0 saturated heterocycles. The molecule has 0 radical (unpaired) electrons. The number of nitrogens with one attached hydrogen (secondary N) is 1. The van der Waals surface area contributed by atoms with Gasteiger partial charge in [0.05, 0.1) is 0 Å². The first-order valence-electron chi connectivity index (χ1n) is 7.68. The minimum absolute atomic E-state index is 0.653. The first-order chi connectivity index (χ1) is 8.82. The standard InChI is InChI=1S/C17H25N/c1-2-14-7-6-8-15(13-14)18-16-9-12-17(16)10-4-3-5-11-17/h6-8,13,16,18H,2-5,9-12H2,1H3. The van der Waals surface area contributed by atoms with Gasteiger partial charge in [0.1, 0.15) is 0 Å². The van der Waals surface area contributed by atoms with Gasteiger partial charge in [0.15, 0.2) is 0 Å². The van der Waals surface area contributed by atoms with Crippen molar-refractivity contribution in [1.29, 1.82) is 0 Å². The Labute approximate surface area is 111 Å². The number of benzene rings is 1. The van der Waals surface area contributed by atoms with Crippen molar-refractivity contribution in [1.82, 2.24) is 0 Å². The normalized spacial score (nSPS) is 25.7. The van der Waals surface area contributed by atoms with Gasteiger partial charge in [0.2, 0.25) is 0 Å². The van der Waals surface area contributed by atoms with Crippen LogP contribution in [0.3, 0.4) is 0 Å². The summed E-state index contributed by atoms with van der Waals surface area (Å²) in [6.45, 7) is 2.23.